The number of hydrogen-bond donors (Lipinski definition) is 1. The summed E-state index contributed by atoms with van der Waals surface area (Å²) in [5.41, 5.74) is 0.168. The maximum atomic E-state index is 12.7. The van der Waals surface area contributed by atoms with Gasteiger partial charge in [-0.2, -0.15) is 13.2 Å². The molecular formula is C18H16F3NOS. The smallest absolute Gasteiger partial charge is 0.348 e. The Bertz CT molecular complexity index is 728. The lowest BCUT2D eigenvalue weighted by Crippen LogP contribution is -2.23. The molecule has 0 spiro atoms. The Balaban J connectivity index is 2.07. The van der Waals surface area contributed by atoms with Gasteiger partial charge in [0.2, 0.25) is 0 Å². The van der Waals surface area contributed by atoms with Crippen LogP contribution in [0.5, 0.6) is 0 Å². The van der Waals surface area contributed by atoms with Crippen LogP contribution in [-0.2, 0) is 12.7 Å². The number of rotatable bonds is 6. The van der Waals surface area contributed by atoms with E-state index in [2.05, 4.69) is 11.9 Å². The Morgan fingerprint density at radius 3 is 2.62 bits per heavy atom. The Kier molecular flexibility index (Phi) is 6.09. The van der Waals surface area contributed by atoms with Crippen LogP contribution in [0.4, 0.5) is 13.2 Å². The van der Waals surface area contributed by atoms with E-state index in [0.29, 0.717) is 16.9 Å². The fourth-order valence-electron chi connectivity index (χ4n) is 2.06. The Labute approximate surface area is 142 Å². The Morgan fingerprint density at radius 1 is 1.17 bits per heavy atom. The standard InChI is InChI=1S/C18H16F3NOS/c1-2-10-24-16-9-4-3-8-15(16)17(23)22-12-13-6-5-7-14(11-13)18(19,20)21/h2-9,11H,1,10,12H2,(H,22,23). The van der Waals surface area contributed by atoms with E-state index in [1.165, 1.54) is 17.8 Å². The van der Waals surface area contributed by atoms with Crippen molar-refractivity contribution in [1.82, 2.24) is 5.32 Å². The first-order chi connectivity index (χ1) is 11.4. The molecule has 0 aliphatic rings. The van der Waals surface area contributed by atoms with Crippen molar-refractivity contribution in [2.75, 3.05) is 5.75 Å². The maximum absolute atomic E-state index is 12.7. The van der Waals surface area contributed by atoms with Crippen LogP contribution in [0.25, 0.3) is 0 Å². The molecule has 2 aromatic rings. The summed E-state index contributed by atoms with van der Waals surface area (Å²) in [6.07, 6.45) is -2.66. The highest BCUT2D eigenvalue weighted by molar-refractivity contribution is 7.99. The van der Waals surface area contributed by atoms with Gasteiger partial charge in [0, 0.05) is 17.2 Å². The second-order valence-corrected chi connectivity index (χ2v) is 6.04. The fraction of sp³-hybridized carbons (Fsp3) is 0.167. The molecule has 0 saturated carbocycles. The summed E-state index contributed by atoms with van der Waals surface area (Å²) in [6, 6.07) is 12.0. The molecule has 126 valence electrons. The highest BCUT2D eigenvalue weighted by atomic mass is 32.2. The number of halogens is 3. The zero-order valence-corrected chi connectivity index (χ0v) is 13.6. The predicted molar refractivity (Wildman–Crippen MR) is 90.0 cm³/mol. The van der Waals surface area contributed by atoms with E-state index in [1.807, 2.05) is 12.1 Å². The SMILES string of the molecule is C=CCSc1ccccc1C(=O)NCc1cccc(C(F)(F)F)c1. The van der Waals surface area contributed by atoms with Crippen molar-refractivity contribution in [2.45, 2.75) is 17.6 Å². The molecule has 0 saturated heterocycles. The zero-order chi connectivity index (χ0) is 17.6. The van der Waals surface area contributed by atoms with Crippen LogP contribution in [0.1, 0.15) is 21.5 Å². The lowest BCUT2D eigenvalue weighted by atomic mass is 10.1. The number of nitrogens with one attached hydrogen (secondary N) is 1. The monoisotopic (exact) mass is 351 g/mol. The van der Waals surface area contributed by atoms with E-state index in [0.717, 1.165) is 17.0 Å². The third-order valence-electron chi connectivity index (χ3n) is 3.20. The highest BCUT2D eigenvalue weighted by Gasteiger charge is 2.30. The number of carbonyl (C=O) groups excluding carboxylic acids is 1. The lowest BCUT2D eigenvalue weighted by Gasteiger charge is -2.11. The molecule has 0 radical (unpaired) electrons. The molecule has 24 heavy (non-hydrogen) atoms. The number of hydrogen-bond acceptors (Lipinski definition) is 2. The molecule has 0 aliphatic carbocycles. The van der Waals surface area contributed by atoms with Crippen LogP contribution >= 0.6 is 11.8 Å². The van der Waals surface area contributed by atoms with Crippen LogP contribution in [0.2, 0.25) is 0 Å². The average molecular weight is 351 g/mol. The van der Waals surface area contributed by atoms with E-state index in [9.17, 15) is 18.0 Å². The van der Waals surface area contributed by atoms with Gasteiger partial charge in [-0.05, 0) is 29.8 Å². The zero-order valence-electron chi connectivity index (χ0n) is 12.8. The normalized spacial score (nSPS) is 11.1. The van der Waals surface area contributed by atoms with Gasteiger partial charge in [-0.15, -0.1) is 18.3 Å². The summed E-state index contributed by atoms with van der Waals surface area (Å²) in [6.45, 7) is 3.67. The van der Waals surface area contributed by atoms with Gasteiger partial charge in [0.1, 0.15) is 0 Å². The van der Waals surface area contributed by atoms with Crippen molar-refractivity contribution in [3.63, 3.8) is 0 Å². The fourth-order valence-corrected chi connectivity index (χ4v) is 2.85. The minimum atomic E-state index is -4.39. The lowest BCUT2D eigenvalue weighted by molar-refractivity contribution is -0.137. The Morgan fingerprint density at radius 2 is 1.92 bits per heavy atom. The van der Waals surface area contributed by atoms with Gasteiger partial charge >= 0.3 is 6.18 Å². The van der Waals surface area contributed by atoms with Gasteiger partial charge in [-0.1, -0.05) is 30.3 Å². The topological polar surface area (TPSA) is 29.1 Å². The largest absolute Gasteiger partial charge is 0.416 e. The van der Waals surface area contributed by atoms with Crippen molar-refractivity contribution < 1.29 is 18.0 Å². The number of thioether (sulfide) groups is 1. The van der Waals surface area contributed by atoms with Crippen LogP contribution in [-0.4, -0.2) is 11.7 Å². The summed E-state index contributed by atoms with van der Waals surface area (Å²) < 4.78 is 38.1. The first kappa shape index (κ1) is 18.1. The molecule has 0 fully saturated rings. The van der Waals surface area contributed by atoms with Crippen molar-refractivity contribution in [1.29, 1.82) is 0 Å². The summed E-state index contributed by atoms with van der Waals surface area (Å²) in [5, 5.41) is 2.67. The molecule has 0 aliphatic heterocycles. The molecule has 6 heteroatoms. The summed E-state index contributed by atoms with van der Waals surface area (Å²) in [4.78, 5) is 13.1. The van der Waals surface area contributed by atoms with E-state index in [-0.39, 0.29) is 12.5 Å². The van der Waals surface area contributed by atoms with Crippen molar-refractivity contribution in [2.24, 2.45) is 0 Å². The highest BCUT2D eigenvalue weighted by Crippen LogP contribution is 2.29. The maximum Gasteiger partial charge on any atom is 0.416 e. The minimum Gasteiger partial charge on any atom is -0.348 e. The van der Waals surface area contributed by atoms with E-state index in [4.69, 9.17) is 0 Å². The average Bonchev–Trinajstić information content (AvgIpc) is 2.57. The van der Waals surface area contributed by atoms with Crippen molar-refractivity contribution in [3.8, 4) is 0 Å². The second kappa shape index (κ2) is 8.06. The van der Waals surface area contributed by atoms with Crippen LogP contribution in [0.3, 0.4) is 0 Å². The third-order valence-corrected chi connectivity index (χ3v) is 4.27. The molecule has 2 aromatic carbocycles. The molecule has 0 atom stereocenters. The van der Waals surface area contributed by atoms with Gasteiger partial charge in [-0.3, -0.25) is 4.79 Å². The molecule has 1 amide bonds. The number of benzene rings is 2. The third kappa shape index (κ3) is 4.89. The summed E-state index contributed by atoms with van der Waals surface area (Å²) >= 11 is 1.48. The quantitative estimate of drug-likeness (QED) is 0.592. The van der Waals surface area contributed by atoms with Crippen LogP contribution in [0, 0.1) is 0 Å². The van der Waals surface area contributed by atoms with Crippen LogP contribution in [0.15, 0.2) is 66.1 Å². The van der Waals surface area contributed by atoms with E-state index >= 15 is 0 Å². The van der Waals surface area contributed by atoms with Crippen molar-refractivity contribution >= 4 is 17.7 Å². The molecule has 0 aromatic heterocycles. The molecular weight excluding hydrogens is 335 g/mol. The number of carbonyl (C=O) groups is 1. The molecule has 0 heterocycles. The molecule has 0 bridgehead atoms. The number of alkyl halides is 3. The van der Waals surface area contributed by atoms with Gasteiger partial charge in [-0.25, -0.2) is 0 Å². The van der Waals surface area contributed by atoms with E-state index in [1.54, 1.807) is 24.3 Å². The molecule has 2 nitrogen and oxygen atoms in total. The second-order valence-electron chi connectivity index (χ2n) is 4.98. The number of amides is 1. The van der Waals surface area contributed by atoms with Crippen LogP contribution < -0.4 is 5.32 Å². The van der Waals surface area contributed by atoms with E-state index < -0.39 is 11.7 Å². The van der Waals surface area contributed by atoms with Gasteiger partial charge in [0.15, 0.2) is 0 Å². The predicted octanol–water partition coefficient (Wildman–Crippen LogP) is 4.91. The first-order valence-electron chi connectivity index (χ1n) is 7.19. The van der Waals surface area contributed by atoms with Crippen molar-refractivity contribution in [3.05, 3.63) is 77.9 Å². The minimum absolute atomic E-state index is 0.0310. The Hall–Kier alpha value is -2.21. The molecule has 0 unspecified atom stereocenters. The summed E-state index contributed by atoms with van der Waals surface area (Å²) in [5.74, 6) is 0.345. The summed E-state index contributed by atoms with van der Waals surface area (Å²) in [7, 11) is 0. The van der Waals surface area contributed by atoms with Gasteiger partial charge < -0.3 is 5.32 Å². The van der Waals surface area contributed by atoms with Gasteiger partial charge in [0.25, 0.3) is 5.91 Å². The first-order valence-corrected chi connectivity index (χ1v) is 8.17. The molecule has 2 rings (SSSR count). The molecule has 1 N–H and O–H groups in total. The van der Waals surface area contributed by atoms with Gasteiger partial charge in [0.05, 0.1) is 11.1 Å².